The zero-order chi connectivity index (χ0) is 15.4. The van der Waals surface area contributed by atoms with Crippen molar-refractivity contribution in [2.75, 3.05) is 11.4 Å². The van der Waals surface area contributed by atoms with Crippen LogP contribution in [0.4, 0.5) is 5.69 Å². The molecule has 0 saturated heterocycles. The Hall–Kier alpha value is -2.14. The van der Waals surface area contributed by atoms with E-state index in [0.717, 1.165) is 29.0 Å². The molecule has 1 aliphatic heterocycles. The second kappa shape index (κ2) is 6.75. The molecular weight excluding hydrogens is 296 g/mol. The maximum absolute atomic E-state index is 12.3. The standard InChI is InChI=1S/C17H18N2O2S/c20-16(18-11-14-7-4-10-22-14)12-19-15-8-2-1-5-13(15)6-3-9-17(19)21/h1-2,4-5,7-8,10H,3,6,9,11-12H2,(H,18,20). The fourth-order valence-electron chi connectivity index (χ4n) is 2.66. The molecule has 0 aliphatic carbocycles. The highest BCUT2D eigenvalue weighted by Gasteiger charge is 2.23. The number of hydrogen-bond acceptors (Lipinski definition) is 3. The monoisotopic (exact) mass is 314 g/mol. The molecule has 1 aromatic heterocycles. The van der Waals surface area contributed by atoms with Gasteiger partial charge < -0.3 is 10.2 Å². The largest absolute Gasteiger partial charge is 0.350 e. The molecular formula is C17H18N2O2S. The van der Waals surface area contributed by atoms with Gasteiger partial charge in [-0.1, -0.05) is 24.3 Å². The lowest BCUT2D eigenvalue weighted by Gasteiger charge is -2.22. The lowest BCUT2D eigenvalue weighted by atomic mass is 10.1. The average molecular weight is 314 g/mol. The van der Waals surface area contributed by atoms with Crippen LogP contribution in [0.15, 0.2) is 41.8 Å². The van der Waals surface area contributed by atoms with Crippen LogP contribution >= 0.6 is 11.3 Å². The maximum Gasteiger partial charge on any atom is 0.240 e. The van der Waals surface area contributed by atoms with Gasteiger partial charge in [-0.2, -0.15) is 0 Å². The van der Waals surface area contributed by atoms with E-state index in [9.17, 15) is 9.59 Å². The lowest BCUT2D eigenvalue weighted by molar-refractivity contribution is -0.123. The number of amides is 2. The number of thiophene rings is 1. The first-order valence-corrected chi connectivity index (χ1v) is 8.29. The van der Waals surface area contributed by atoms with Crippen LogP contribution < -0.4 is 10.2 Å². The smallest absolute Gasteiger partial charge is 0.240 e. The number of fused-ring (bicyclic) bond motifs is 1. The number of anilines is 1. The second-order valence-electron chi connectivity index (χ2n) is 5.32. The van der Waals surface area contributed by atoms with Gasteiger partial charge in [-0.25, -0.2) is 0 Å². The summed E-state index contributed by atoms with van der Waals surface area (Å²) in [6, 6.07) is 11.8. The fraction of sp³-hybridized carbons (Fsp3) is 0.294. The molecule has 2 amide bonds. The van der Waals surface area contributed by atoms with Crippen molar-refractivity contribution in [2.45, 2.75) is 25.8 Å². The number of rotatable bonds is 4. The van der Waals surface area contributed by atoms with Gasteiger partial charge in [0.15, 0.2) is 0 Å². The molecule has 1 N–H and O–H groups in total. The third-order valence-electron chi connectivity index (χ3n) is 3.76. The normalized spacial score (nSPS) is 14.4. The van der Waals surface area contributed by atoms with Gasteiger partial charge in [0.25, 0.3) is 0 Å². The fourth-order valence-corrected chi connectivity index (χ4v) is 3.30. The molecule has 0 atom stereocenters. The van der Waals surface area contributed by atoms with Crippen molar-refractivity contribution in [3.05, 3.63) is 52.2 Å². The number of nitrogens with one attached hydrogen (secondary N) is 1. The van der Waals surface area contributed by atoms with E-state index in [1.807, 2.05) is 41.8 Å². The van der Waals surface area contributed by atoms with E-state index in [0.29, 0.717) is 13.0 Å². The summed E-state index contributed by atoms with van der Waals surface area (Å²) in [6.45, 7) is 0.599. The van der Waals surface area contributed by atoms with Crippen molar-refractivity contribution in [1.82, 2.24) is 5.32 Å². The van der Waals surface area contributed by atoms with Gasteiger partial charge in [0.05, 0.1) is 6.54 Å². The van der Waals surface area contributed by atoms with Gasteiger partial charge in [0.2, 0.25) is 11.8 Å². The minimum atomic E-state index is -0.126. The predicted molar refractivity (Wildman–Crippen MR) is 87.9 cm³/mol. The van der Waals surface area contributed by atoms with Crippen molar-refractivity contribution in [3.63, 3.8) is 0 Å². The Balaban J connectivity index is 1.69. The zero-order valence-corrected chi connectivity index (χ0v) is 13.1. The minimum absolute atomic E-state index is 0.0243. The Labute approximate surface area is 133 Å². The van der Waals surface area contributed by atoms with Crippen molar-refractivity contribution in [3.8, 4) is 0 Å². The highest BCUT2D eigenvalue weighted by atomic mass is 32.1. The summed E-state index contributed by atoms with van der Waals surface area (Å²) in [5.74, 6) is -0.102. The van der Waals surface area contributed by atoms with E-state index in [4.69, 9.17) is 0 Å². The zero-order valence-electron chi connectivity index (χ0n) is 12.2. The van der Waals surface area contributed by atoms with Crippen LogP contribution in [0.5, 0.6) is 0 Å². The van der Waals surface area contributed by atoms with Crippen LogP contribution in [0.1, 0.15) is 23.3 Å². The highest BCUT2D eigenvalue weighted by Crippen LogP contribution is 2.26. The maximum atomic E-state index is 12.3. The molecule has 2 aromatic rings. The van der Waals surface area contributed by atoms with E-state index in [2.05, 4.69) is 5.32 Å². The first-order valence-electron chi connectivity index (χ1n) is 7.41. The Morgan fingerprint density at radius 1 is 1.18 bits per heavy atom. The summed E-state index contributed by atoms with van der Waals surface area (Å²) in [6.07, 6.45) is 2.21. The molecule has 1 aromatic carbocycles. The topological polar surface area (TPSA) is 49.4 Å². The van der Waals surface area contributed by atoms with E-state index in [-0.39, 0.29) is 18.4 Å². The number of hydrogen-bond donors (Lipinski definition) is 1. The van der Waals surface area contributed by atoms with Gasteiger partial charge in [0, 0.05) is 17.0 Å². The van der Waals surface area contributed by atoms with Crippen LogP contribution in [0.2, 0.25) is 0 Å². The van der Waals surface area contributed by atoms with Gasteiger partial charge in [-0.05, 0) is 35.9 Å². The third-order valence-corrected chi connectivity index (χ3v) is 4.64. The van der Waals surface area contributed by atoms with Gasteiger partial charge in [0.1, 0.15) is 6.54 Å². The molecule has 1 aliphatic rings. The highest BCUT2D eigenvalue weighted by molar-refractivity contribution is 7.09. The van der Waals surface area contributed by atoms with E-state index < -0.39 is 0 Å². The predicted octanol–water partition coefficient (Wildman–Crippen LogP) is 2.73. The number of aryl methyl sites for hydroxylation is 1. The quantitative estimate of drug-likeness (QED) is 0.943. The van der Waals surface area contributed by atoms with E-state index >= 15 is 0 Å². The van der Waals surface area contributed by atoms with E-state index in [1.165, 1.54) is 0 Å². The number of para-hydroxylation sites is 1. The summed E-state index contributed by atoms with van der Waals surface area (Å²) in [5, 5.41) is 4.86. The Morgan fingerprint density at radius 2 is 2.05 bits per heavy atom. The molecule has 0 saturated carbocycles. The number of benzene rings is 1. The number of nitrogens with zero attached hydrogens (tertiary/aromatic N) is 1. The Morgan fingerprint density at radius 3 is 2.86 bits per heavy atom. The molecule has 2 heterocycles. The van der Waals surface area contributed by atoms with Crippen molar-refractivity contribution in [1.29, 1.82) is 0 Å². The minimum Gasteiger partial charge on any atom is -0.350 e. The number of carbonyl (C=O) groups is 2. The Bertz CT molecular complexity index is 667. The van der Waals surface area contributed by atoms with Crippen molar-refractivity contribution >= 4 is 28.8 Å². The van der Waals surface area contributed by atoms with Crippen LogP contribution in [-0.2, 0) is 22.6 Å². The molecule has 0 bridgehead atoms. The molecule has 0 unspecified atom stereocenters. The molecule has 22 heavy (non-hydrogen) atoms. The average Bonchev–Trinajstić information content (AvgIpc) is 2.99. The van der Waals surface area contributed by atoms with Crippen molar-refractivity contribution in [2.24, 2.45) is 0 Å². The van der Waals surface area contributed by atoms with Crippen LogP contribution in [-0.4, -0.2) is 18.4 Å². The summed E-state index contributed by atoms with van der Waals surface area (Å²) < 4.78 is 0. The van der Waals surface area contributed by atoms with Gasteiger partial charge in [-0.15, -0.1) is 11.3 Å². The molecule has 5 heteroatoms. The molecule has 3 rings (SSSR count). The Kier molecular flexibility index (Phi) is 4.53. The molecule has 114 valence electrons. The third kappa shape index (κ3) is 3.36. The SMILES string of the molecule is O=C(CN1C(=O)CCCc2ccccc21)NCc1cccs1. The molecule has 0 spiro atoms. The molecule has 0 radical (unpaired) electrons. The summed E-state index contributed by atoms with van der Waals surface area (Å²) in [4.78, 5) is 27.2. The van der Waals surface area contributed by atoms with E-state index in [1.54, 1.807) is 16.2 Å². The van der Waals surface area contributed by atoms with Crippen LogP contribution in [0, 0.1) is 0 Å². The van der Waals surface area contributed by atoms with Gasteiger partial charge >= 0.3 is 0 Å². The lowest BCUT2D eigenvalue weighted by Crippen LogP contribution is -2.40. The number of carbonyl (C=O) groups excluding carboxylic acids is 2. The molecule has 4 nitrogen and oxygen atoms in total. The van der Waals surface area contributed by atoms with Crippen molar-refractivity contribution < 1.29 is 9.59 Å². The van der Waals surface area contributed by atoms with Gasteiger partial charge in [-0.3, -0.25) is 9.59 Å². The first kappa shape index (κ1) is 14.8. The van der Waals surface area contributed by atoms with Crippen LogP contribution in [0.25, 0.3) is 0 Å². The summed E-state index contributed by atoms with van der Waals surface area (Å²) in [5.41, 5.74) is 2.01. The van der Waals surface area contributed by atoms with Crippen LogP contribution in [0.3, 0.4) is 0 Å². The second-order valence-corrected chi connectivity index (χ2v) is 6.35. The first-order chi connectivity index (χ1) is 10.7. The summed E-state index contributed by atoms with van der Waals surface area (Å²) >= 11 is 1.61. The summed E-state index contributed by atoms with van der Waals surface area (Å²) in [7, 11) is 0. The molecule has 0 fully saturated rings.